The van der Waals surface area contributed by atoms with Crippen molar-refractivity contribution in [1.29, 1.82) is 0 Å². The van der Waals surface area contributed by atoms with Crippen LogP contribution in [0.1, 0.15) is 11.1 Å². The lowest BCUT2D eigenvalue weighted by Crippen LogP contribution is -2.14. The van der Waals surface area contributed by atoms with Crippen molar-refractivity contribution in [3.63, 3.8) is 0 Å². The highest BCUT2D eigenvalue weighted by atomic mass is 32.2. The monoisotopic (exact) mass is 213 g/mol. The molecule has 0 unspecified atom stereocenters. The Morgan fingerprint density at radius 2 is 2.21 bits per heavy atom. The fourth-order valence-corrected chi connectivity index (χ4v) is 2.27. The van der Waals surface area contributed by atoms with Crippen molar-refractivity contribution in [3.05, 3.63) is 29.3 Å². The number of nitrogens with two attached hydrogens (primary N) is 1. The van der Waals surface area contributed by atoms with Crippen molar-refractivity contribution in [2.45, 2.75) is 12.2 Å². The highest BCUT2D eigenvalue weighted by Gasteiger charge is 2.18. The molecule has 14 heavy (non-hydrogen) atoms. The topological polar surface area (TPSA) is 69.4 Å². The Morgan fingerprint density at radius 3 is 2.93 bits per heavy atom. The minimum Gasteiger partial charge on any atom is -0.493 e. The van der Waals surface area contributed by atoms with E-state index in [9.17, 15) is 8.42 Å². The predicted octanol–water partition coefficient (Wildman–Crippen LogP) is 0.410. The molecule has 0 saturated heterocycles. The Labute approximate surface area is 82.7 Å². The number of benzene rings is 1. The molecular formula is C9H11NO3S. The second kappa shape index (κ2) is 3.25. The van der Waals surface area contributed by atoms with Gasteiger partial charge in [0.05, 0.1) is 12.4 Å². The van der Waals surface area contributed by atoms with E-state index in [0.29, 0.717) is 17.9 Å². The van der Waals surface area contributed by atoms with Gasteiger partial charge in [-0.05, 0) is 5.56 Å². The van der Waals surface area contributed by atoms with Crippen molar-refractivity contribution in [1.82, 2.24) is 0 Å². The van der Waals surface area contributed by atoms with E-state index in [-0.39, 0.29) is 5.75 Å². The molecule has 4 nitrogen and oxygen atoms in total. The third kappa shape index (κ3) is 1.88. The smallest absolute Gasteiger partial charge is 0.213 e. The zero-order chi connectivity index (χ0) is 10.2. The van der Waals surface area contributed by atoms with Gasteiger partial charge in [-0.2, -0.15) is 0 Å². The average Bonchev–Trinajstić information content (AvgIpc) is 2.49. The van der Waals surface area contributed by atoms with E-state index in [0.717, 1.165) is 12.0 Å². The van der Waals surface area contributed by atoms with Gasteiger partial charge in [0.1, 0.15) is 5.75 Å². The molecule has 5 heteroatoms. The maximum atomic E-state index is 10.9. The molecule has 0 radical (unpaired) electrons. The van der Waals surface area contributed by atoms with Crippen LogP contribution in [0.3, 0.4) is 0 Å². The summed E-state index contributed by atoms with van der Waals surface area (Å²) in [5.41, 5.74) is 1.72. The molecule has 0 amide bonds. The summed E-state index contributed by atoms with van der Waals surface area (Å²) in [6.07, 6.45) is 0.841. The molecule has 0 saturated carbocycles. The highest BCUT2D eigenvalue weighted by molar-refractivity contribution is 7.88. The van der Waals surface area contributed by atoms with Crippen molar-refractivity contribution < 1.29 is 13.2 Å². The van der Waals surface area contributed by atoms with Gasteiger partial charge in [0, 0.05) is 12.0 Å². The number of rotatable bonds is 2. The van der Waals surface area contributed by atoms with E-state index in [1.54, 1.807) is 6.07 Å². The molecule has 2 rings (SSSR count). The van der Waals surface area contributed by atoms with E-state index in [2.05, 4.69) is 0 Å². The van der Waals surface area contributed by atoms with Gasteiger partial charge in [-0.15, -0.1) is 0 Å². The number of sulfonamides is 1. The molecule has 0 fully saturated rings. The van der Waals surface area contributed by atoms with Crippen LogP contribution in [0.15, 0.2) is 18.2 Å². The van der Waals surface area contributed by atoms with E-state index < -0.39 is 10.0 Å². The zero-order valence-electron chi connectivity index (χ0n) is 7.56. The van der Waals surface area contributed by atoms with Crippen LogP contribution >= 0.6 is 0 Å². The van der Waals surface area contributed by atoms with Gasteiger partial charge in [-0.3, -0.25) is 0 Å². The normalized spacial score (nSPS) is 14.9. The molecule has 0 atom stereocenters. The minimum absolute atomic E-state index is 0.157. The van der Waals surface area contributed by atoms with Gasteiger partial charge >= 0.3 is 0 Å². The molecule has 76 valence electrons. The van der Waals surface area contributed by atoms with Gasteiger partial charge in [0.25, 0.3) is 0 Å². The summed E-state index contributed by atoms with van der Waals surface area (Å²) in [4.78, 5) is 0. The van der Waals surface area contributed by atoms with Crippen LogP contribution in [-0.2, 0) is 22.2 Å². The molecule has 2 N–H and O–H groups in total. The number of para-hydroxylation sites is 1. The summed E-state index contributed by atoms with van der Waals surface area (Å²) in [6.45, 7) is 0.622. The first-order valence-corrected chi connectivity index (χ1v) is 6.02. The van der Waals surface area contributed by atoms with Gasteiger partial charge in [-0.25, -0.2) is 13.6 Å². The number of ether oxygens (including phenoxy) is 1. The molecule has 1 aliphatic rings. The summed E-state index contributed by atoms with van der Waals surface area (Å²) in [5, 5.41) is 4.98. The first kappa shape index (κ1) is 9.48. The standard InChI is InChI=1S/C9H11NO3S/c10-14(11,12)6-8-3-1-2-7-4-5-13-9(7)8/h1-3H,4-6H2,(H2,10,11,12). The summed E-state index contributed by atoms with van der Waals surface area (Å²) in [6, 6.07) is 5.50. The van der Waals surface area contributed by atoms with Crippen LogP contribution < -0.4 is 9.88 Å². The molecule has 1 aliphatic heterocycles. The molecule has 0 spiro atoms. The molecule has 1 heterocycles. The Kier molecular flexibility index (Phi) is 2.20. The molecule has 1 aromatic carbocycles. The number of hydrogen-bond acceptors (Lipinski definition) is 3. The van der Waals surface area contributed by atoms with E-state index in [1.807, 2.05) is 12.1 Å². The largest absolute Gasteiger partial charge is 0.493 e. The molecule has 0 aliphatic carbocycles. The number of fused-ring (bicyclic) bond motifs is 1. The summed E-state index contributed by atoms with van der Waals surface area (Å²) >= 11 is 0. The van der Waals surface area contributed by atoms with Crippen molar-refractivity contribution in [2.24, 2.45) is 5.14 Å². The lowest BCUT2D eigenvalue weighted by atomic mass is 10.1. The fraction of sp³-hybridized carbons (Fsp3) is 0.333. The molecule has 0 aromatic heterocycles. The third-order valence-corrected chi connectivity index (χ3v) is 2.87. The SMILES string of the molecule is NS(=O)(=O)Cc1cccc2c1OCC2. The van der Waals surface area contributed by atoms with Crippen molar-refractivity contribution >= 4 is 10.0 Å². The fourth-order valence-electron chi connectivity index (χ4n) is 1.61. The lowest BCUT2D eigenvalue weighted by molar-refractivity contribution is 0.354. The minimum atomic E-state index is -3.48. The number of hydrogen-bond donors (Lipinski definition) is 1. The predicted molar refractivity (Wildman–Crippen MR) is 52.5 cm³/mol. The van der Waals surface area contributed by atoms with Gasteiger partial charge in [-0.1, -0.05) is 18.2 Å². The van der Waals surface area contributed by atoms with E-state index >= 15 is 0 Å². The molecular weight excluding hydrogens is 202 g/mol. The Morgan fingerprint density at radius 1 is 1.43 bits per heavy atom. The quantitative estimate of drug-likeness (QED) is 0.773. The maximum Gasteiger partial charge on any atom is 0.213 e. The summed E-state index contributed by atoms with van der Waals surface area (Å²) in [7, 11) is -3.48. The zero-order valence-corrected chi connectivity index (χ0v) is 8.38. The Bertz CT molecular complexity index is 453. The van der Waals surface area contributed by atoms with Gasteiger partial charge < -0.3 is 4.74 Å². The first-order valence-electron chi connectivity index (χ1n) is 4.30. The molecule has 0 bridgehead atoms. The maximum absolute atomic E-state index is 10.9. The lowest BCUT2D eigenvalue weighted by Gasteiger charge is -2.05. The first-order chi connectivity index (χ1) is 6.56. The van der Waals surface area contributed by atoms with Crippen molar-refractivity contribution in [2.75, 3.05) is 6.61 Å². The summed E-state index contributed by atoms with van der Waals surface area (Å²) in [5.74, 6) is 0.539. The van der Waals surface area contributed by atoms with E-state index in [4.69, 9.17) is 9.88 Å². The molecule has 1 aromatic rings. The van der Waals surface area contributed by atoms with E-state index in [1.165, 1.54) is 0 Å². The second-order valence-electron chi connectivity index (χ2n) is 3.31. The highest BCUT2D eigenvalue weighted by Crippen LogP contribution is 2.30. The van der Waals surface area contributed by atoms with Crippen LogP contribution in [0.4, 0.5) is 0 Å². The van der Waals surface area contributed by atoms with Gasteiger partial charge in [0.2, 0.25) is 10.0 Å². The van der Waals surface area contributed by atoms with Crippen LogP contribution in [0.5, 0.6) is 5.75 Å². The van der Waals surface area contributed by atoms with Gasteiger partial charge in [0.15, 0.2) is 0 Å². The van der Waals surface area contributed by atoms with Crippen LogP contribution in [-0.4, -0.2) is 15.0 Å². The number of primary sulfonamides is 1. The van der Waals surface area contributed by atoms with Crippen LogP contribution in [0, 0.1) is 0 Å². The van der Waals surface area contributed by atoms with Crippen LogP contribution in [0.2, 0.25) is 0 Å². The average molecular weight is 213 g/mol. The third-order valence-electron chi connectivity index (χ3n) is 2.15. The van der Waals surface area contributed by atoms with Crippen molar-refractivity contribution in [3.8, 4) is 5.75 Å². The Hall–Kier alpha value is -1.07. The summed E-state index contributed by atoms with van der Waals surface area (Å²) < 4.78 is 27.2. The van der Waals surface area contributed by atoms with Crippen LogP contribution in [0.25, 0.3) is 0 Å². The second-order valence-corrected chi connectivity index (χ2v) is 4.93. The Balaban J connectivity index is 2.40.